The number of fused-ring (bicyclic) bond motifs is 2. The van der Waals surface area contributed by atoms with Gasteiger partial charge in [-0.1, -0.05) is 18.2 Å². The van der Waals surface area contributed by atoms with E-state index >= 15 is 0 Å². The zero-order valence-corrected chi connectivity index (χ0v) is 16.1. The molecular formula is C22H21F3N4O. The van der Waals surface area contributed by atoms with Crippen molar-refractivity contribution < 1.29 is 18.0 Å². The van der Waals surface area contributed by atoms with Gasteiger partial charge in [0.15, 0.2) is 0 Å². The number of carbonyl (C=O) groups is 1. The van der Waals surface area contributed by atoms with Gasteiger partial charge in [-0.15, -0.1) is 0 Å². The van der Waals surface area contributed by atoms with Crippen molar-refractivity contribution in [3.05, 3.63) is 59.9 Å². The number of nitrogens with zero attached hydrogens (tertiary/aromatic N) is 2. The van der Waals surface area contributed by atoms with Crippen molar-refractivity contribution in [1.29, 1.82) is 0 Å². The highest BCUT2D eigenvalue weighted by Crippen LogP contribution is 2.40. The zero-order chi connectivity index (χ0) is 20.9. The van der Waals surface area contributed by atoms with E-state index in [0.717, 1.165) is 42.6 Å². The molecule has 8 heteroatoms. The molecule has 1 aromatic carbocycles. The number of nitrogens with one attached hydrogen (secondary N) is 2. The minimum atomic E-state index is -4.38. The van der Waals surface area contributed by atoms with Crippen LogP contribution in [0.15, 0.2) is 48.7 Å². The van der Waals surface area contributed by atoms with Crippen molar-refractivity contribution in [2.24, 2.45) is 11.8 Å². The summed E-state index contributed by atoms with van der Waals surface area (Å²) in [6.45, 7) is 1.43. The molecule has 2 aliphatic rings. The molecule has 1 amide bonds. The lowest BCUT2D eigenvalue weighted by molar-refractivity contribution is -0.137. The maximum Gasteiger partial charge on any atom is 0.417 e. The van der Waals surface area contributed by atoms with Crippen LogP contribution in [0.5, 0.6) is 0 Å². The normalized spacial score (nSPS) is 23.7. The van der Waals surface area contributed by atoms with Gasteiger partial charge in [0.25, 0.3) is 5.91 Å². The maximum atomic E-state index is 12.8. The molecule has 1 aliphatic carbocycles. The average Bonchev–Trinajstić information content (AvgIpc) is 3.42. The Hall–Kier alpha value is -3.03. The Labute approximate surface area is 171 Å². The highest BCUT2D eigenvalue weighted by Gasteiger charge is 2.43. The highest BCUT2D eigenvalue weighted by molar-refractivity contribution is 5.98. The molecule has 5 nitrogen and oxygen atoms in total. The number of hydrogen-bond acceptors (Lipinski definition) is 3. The van der Waals surface area contributed by atoms with Gasteiger partial charge in [0.05, 0.1) is 5.56 Å². The fraction of sp³-hybridized carbons (Fsp3) is 0.364. The fourth-order valence-corrected chi connectivity index (χ4v) is 4.81. The molecule has 5 rings (SSSR count). The van der Waals surface area contributed by atoms with Crippen LogP contribution < -0.4 is 10.2 Å². The van der Waals surface area contributed by atoms with E-state index in [1.54, 1.807) is 0 Å². The van der Waals surface area contributed by atoms with Gasteiger partial charge in [-0.05, 0) is 43.0 Å². The first-order valence-electron chi connectivity index (χ1n) is 10.1. The van der Waals surface area contributed by atoms with Crippen LogP contribution in [-0.4, -0.2) is 35.0 Å². The van der Waals surface area contributed by atoms with Crippen LogP contribution in [0.3, 0.4) is 0 Å². The summed E-state index contributed by atoms with van der Waals surface area (Å²) in [4.78, 5) is 22.0. The summed E-state index contributed by atoms with van der Waals surface area (Å²) >= 11 is 0. The molecule has 1 saturated heterocycles. The molecule has 0 radical (unpaired) electrons. The Bertz CT molecular complexity index is 1040. The maximum absolute atomic E-state index is 12.8. The quantitative estimate of drug-likeness (QED) is 0.675. The number of benzene rings is 1. The van der Waals surface area contributed by atoms with Crippen molar-refractivity contribution in [2.75, 3.05) is 18.0 Å². The molecule has 3 atom stereocenters. The van der Waals surface area contributed by atoms with E-state index in [1.807, 2.05) is 35.2 Å². The van der Waals surface area contributed by atoms with Gasteiger partial charge >= 0.3 is 6.18 Å². The van der Waals surface area contributed by atoms with E-state index in [-0.39, 0.29) is 17.9 Å². The van der Waals surface area contributed by atoms with Crippen LogP contribution in [0.4, 0.5) is 19.0 Å². The molecule has 3 unspecified atom stereocenters. The fourth-order valence-electron chi connectivity index (χ4n) is 4.81. The number of alkyl halides is 3. The van der Waals surface area contributed by atoms with Crippen molar-refractivity contribution in [2.45, 2.75) is 25.1 Å². The summed E-state index contributed by atoms with van der Waals surface area (Å²) in [6.07, 6.45) is -1.60. The molecule has 0 spiro atoms. The second-order valence-electron chi connectivity index (χ2n) is 8.16. The molecule has 2 aromatic heterocycles. The Morgan fingerprint density at radius 3 is 2.70 bits per heavy atom. The third-order valence-electron chi connectivity index (χ3n) is 6.35. The van der Waals surface area contributed by atoms with Crippen molar-refractivity contribution in [3.63, 3.8) is 0 Å². The van der Waals surface area contributed by atoms with Crippen LogP contribution in [0.2, 0.25) is 0 Å². The Balaban J connectivity index is 1.26. The number of para-hydroxylation sites is 1. The molecule has 156 valence electrons. The number of anilines is 1. The van der Waals surface area contributed by atoms with Gasteiger partial charge in [-0.2, -0.15) is 13.2 Å². The topological polar surface area (TPSA) is 61.0 Å². The minimum Gasteiger partial charge on any atom is -0.356 e. The number of rotatable bonds is 3. The molecule has 1 saturated carbocycles. The smallest absolute Gasteiger partial charge is 0.356 e. The zero-order valence-electron chi connectivity index (χ0n) is 16.1. The van der Waals surface area contributed by atoms with E-state index < -0.39 is 11.7 Å². The molecule has 2 N–H and O–H groups in total. The lowest BCUT2D eigenvalue weighted by Gasteiger charge is -2.22. The number of halogens is 3. The minimum absolute atomic E-state index is 0.0494. The predicted molar refractivity (Wildman–Crippen MR) is 107 cm³/mol. The number of pyridine rings is 1. The van der Waals surface area contributed by atoms with Crippen molar-refractivity contribution in [1.82, 2.24) is 15.3 Å². The Morgan fingerprint density at radius 1 is 1.13 bits per heavy atom. The summed E-state index contributed by atoms with van der Waals surface area (Å²) < 4.78 is 38.3. The van der Waals surface area contributed by atoms with Crippen LogP contribution >= 0.6 is 0 Å². The molecule has 3 aromatic rings. The van der Waals surface area contributed by atoms with Gasteiger partial charge in [0.1, 0.15) is 11.5 Å². The largest absolute Gasteiger partial charge is 0.417 e. The van der Waals surface area contributed by atoms with E-state index in [9.17, 15) is 18.0 Å². The van der Waals surface area contributed by atoms with Gasteiger partial charge in [0.2, 0.25) is 0 Å². The average molecular weight is 414 g/mol. The van der Waals surface area contributed by atoms with E-state index in [0.29, 0.717) is 24.0 Å². The number of aromatic amines is 1. The number of carbonyl (C=O) groups excluding carboxylic acids is 1. The highest BCUT2D eigenvalue weighted by atomic mass is 19.4. The number of aromatic nitrogens is 2. The lowest BCUT2D eigenvalue weighted by Crippen LogP contribution is -2.39. The monoisotopic (exact) mass is 414 g/mol. The van der Waals surface area contributed by atoms with Crippen molar-refractivity contribution >= 4 is 22.6 Å². The predicted octanol–water partition coefficient (Wildman–Crippen LogP) is 4.23. The summed E-state index contributed by atoms with van der Waals surface area (Å²) in [7, 11) is 0. The summed E-state index contributed by atoms with van der Waals surface area (Å²) in [5, 5.41) is 4.16. The van der Waals surface area contributed by atoms with E-state index in [4.69, 9.17) is 0 Å². The summed E-state index contributed by atoms with van der Waals surface area (Å²) in [6, 6.07) is 12.2. The van der Waals surface area contributed by atoms with Crippen LogP contribution in [0.1, 0.15) is 28.9 Å². The number of hydrogen-bond donors (Lipinski definition) is 2. The van der Waals surface area contributed by atoms with Gasteiger partial charge in [-0.25, -0.2) is 4.98 Å². The van der Waals surface area contributed by atoms with Crippen LogP contribution in [-0.2, 0) is 6.18 Å². The van der Waals surface area contributed by atoms with E-state index in [2.05, 4.69) is 15.3 Å². The molecule has 2 fully saturated rings. The molecule has 30 heavy (non-hydrogen) atoms. The lowest BCUT2D eigenvalue weighted by atomic mass is 9.98. The Morgan fingerprint density at radius 2 is 1.97 bits per heavy atom. The second-order valence-corrected chi connectivity index (χ2v) is 8.16. The van der Waals surface area contributed by atoms with Crippen LogP contribution in [0.25, 0.3) is 10.9 Å². The van der Waals surface area contributed by atoms with Gasteiger partial charge < -0.3 is 15.2 Å². The summed E-state index contributed by atoms with van der Waals surface area (Å²) in [5.41, 5.74) is 0.723. The molecule has 3 heterocycles. The number of amides is 1. The second kappa shape index (κ2) is 7.04. The standard InChI is InChI=1S/C22H21F3N4O/c23-22(24,25)15-6-8-20(26-10-15)29-11-14-5-7-18(16(14)12-29)28-21(30)19-9-13-3-1-2-4-17(13)27-19/h1-4,6,8-10,14,16,18,27H,5,7,11-12H2,(H,28,30). The first kappa shape index (κ1) is 19.0. The first-order chi connectivity index (χ1) is 14.4. The Kier molecular flexibility index (Phi) is 4.45. The molecule has 1 aliphatic heterocycles. The number of H-pyrrole nitrogens is 1. The SMILES string of the molecule is O=C(NC1CCC2CN(c3ccc(C(F)(F)F)cn3)CC21)c1cc2ccccc2[nH]1. The first-order valence-corrected chi connectivity index (χ1v) is 10.1. The van der Waals surface area contributed by atoms with E-state index in [1.165, 1.54) is 6.07 Å². The van der Waals surface area contributed by atoms with Crippen molar-refractivity contribution in [3.8, 4) is 0 Å². The summed E-state index contributed by atoms with van der Waals surface area (Å²) in [5.74, 6) is 1.10. The third-order valence-corrected chi connectivity index (χ3v) is 6.35. The van der Waals surface area contributed by atoms with Gasteiger partial charge in [0, 0.05) is 42.1 Å². The third kappa shape index (κ3) is 3.40. The molecule has 0 bridgehead atoms. The van der Waals surface area contributed by atoms with Gasteiger partial charge in [-0.3, -0.25) is 4.79 Å². The van der Waals surface area contributed by atoms with Crippen LogP contribution in [0, 0.1) is 11.8 Å². The molecular weight excluding hydrogens is 393 g/mol.